The molecule has 0 spiro atoms. The van der Waals surface area contributed by atoms with Crippen molar-refractivity contribution in [1.29, 1.82) is 0 Å². The molecule has 3 N–H and O–H groups in total. The summed E-state index contributed by atoms with van der Waals surface area (Å²) in [6, 6.07) is 1.31. The van der Waals surface area contributed by atoms with E-state index in [0.29, 0.717) is 63.8 Å². The molecule has 13 heteroatoms. The highest BCUT2D eigenvalue weighted by molar-refractivity contribution is 7.90. The van der Waals surface area contributed by atoms with Crippen LogP contribution in [0.3, 0.4) is 0 Å². The number of ether oxygens (including phenoxy) is 2. The van der Waals surface area contributed by atoms with Gasteiger partial charge in [-0.2, -0.15) is 4.98 Å². The van der Waals surface area contributed by atoms with E-state index in [1.165, 1.54) is 0 Å². The molecule has 1 saturated carbocycles. The number of carbonyl (C=O) groups is 2. The number of rotatable bonds is 12. The van der Waals surface area contributed by atoms with Gasteiger partial charge in [-0.05, 0) is 25.2 Å². The number of hydrogen-bond donors (Lipinski definition) is 3. The Morgan fingerprint density at radius 2 is 2.11 bits per heavy atom. The molecule has 0 aromatic carbocycles. The maximum atomic E-state index is 12.6. The van der Waals surface area contributed by atoms with Crippen molar-refractivity contribution in [2.45, 2.75) is 49.5 Å². The zero-order valence-corrected chi connectivity index (χ0v) is 21.0. The van der Waals surface area contributed by atoms with Crippen molar-refractivity contribution in [3.05, 3.63) is 24.9 Å². The summed E-state index contributed by atoms with van der Waals surface area (Å²) in [4.78, 5) is 35.6. The smallest absolute Gasteiger partial charge is 0.237 e. The highest BCUT2D eigenvalue weighted by Gasteiger charge is 2.37. The molecule has 1 unspecified atom stereocenters. The van der Waals surface area contributed by atoms with Crippen molar-refractivity contribution in [3.8, 4) is 5.88 Å². The first-order valence-corrected chi connectivity index (χ1v) is 13.9. The molecule has 1 aromatic heterocycles. The largest absolute Gasteiger partial charge is 0.473 e. The predicted octanol–water partition coefficient (Wildman–Crippen LogP) is -0.270. The number of nitrogens with zero attached hydrogens (tertiary/aromatic N) is 3. The van der Waals surface area contributed by atoms with Crippen molar-refractivity contribution in [2.75, 3.05) is 44.3 Å². The van der Waals surface area contributed by atoms with Gasteiger partial charge >= 0.3 is 0 Å². The van der Waals surface area contributed by atoms with Crippen molar-refractivity contribution < 1.29 is 27.5 Å². The Hall–Kier alpha value is -2.77. The van der Waals surface area contributed by atoms with Crippen LogP contribution in [0.5, 0.6) is 5.88 Å². The summed E-state index contributed by atoms with van der Waals surface area (Å²) >= 11 is 0. The van der Waals surface area contributed by atoms with Crippen LogP contribution in [0.2, 0.25) is 0 Å². The summed E-state index contributed by atoms with van der Waals surface area (Å²) in [7, 11) is -3.56. The topological polar surface area (TPSA) is 152 Å². The van der Waals surface area contributed by atoms with Gasteiger partial charge in [0.25, 0.3) is 0 Å². The van der Waals surface area contributed by atoms with E-state index in [2.05, 4.69) is 31.9 Å². The number of carbonyl (C=O) groups excluding carboxylic acids is 2. The number of aromatic nitrogens is 2. The zero-order chi connectivity index (χ0) is 25.5. The van der Waals surface area contributed by atoms with Gasteiger partial charge in [0.05, 0.1) is 24.5 Å². The number of morpholine rings is 1. The number of allylic oxidation sites excluding steroid dienone is 1. The second-order valence-electron chi connectivity index (χ2n) is 9.28. The molecule has 36 heavy (non-hydrogen) atoms. The summed E-state index contributed by atoms with van der Waals surface area (Å²) in [6.45, 7) is 7.33. The molecule has 4 rings (SSSR count). The number of nitrogens with one attached hydrogen (secondary N) is 3. The third-order valence-corrected chi connectivity index (χ3v) is 8.28. The Kier molecular flexibility index (Phi) is 8.75. The van der Waals surface area contributed by atoms with Crippen LogP contribution in [-0.4, -0.2) is 87.0 Å². The lowest BCUT2D eigenvalue weighted by Crippen LogP contribution is -2.41. The summed E-state index contributed by atoms with van der Waals surface area (Å²) in [6.07, 6.45) is 5.24. The minimum Gasteiger partial charge on any atom is -0.473 e. The monoisotopic (exact) mass is 522 g/mol. The normalized spacial score (nSPS) is 23.1. The van der Waals surface area contributed by atoms with Crippen LogP contribution in [0, 0.1) is 5.92 Å². The molecule has 0 bridgehead atoms. The number of sulfonamides is 1. The van der Waals surface area contributed by atoms with E-state index >= 15 is 0 Å². The quantitative estimate of drug-likeness (QED) is 0.313. The van der Waals surface area contributed by atoms with Gasteiger partial charge in [-0.15, -0.1) is 6.58 Å². The second-order valence-corrected chi connectivity index (χ2v) is 11.2. The average Bonchev–Trinajstić information content (AvgIpc) is 3.64. The van der Waals surface area contributed by atoms with Gasteiger partial charge in [-0.3, -0.25) is 14.3 Å². The highest BCUT2D eigenvalue weighted by atomic mass is 32.2. The molecular weight excluding hydrogens is 488 g/mol. The summed E-state index contributed by atoms with van der Waals surface area (Å²) < 4.78 is 37.3. The van der Waals surface area contributed by atoms with Crippen LogP contribution < -0.4 is 25.0 Å². The molecule has 198 valence electrons. The minimum atomic E-state index is -3.56. The summed E-state index contributed by atoms with van der Waals surface area (Å²) in [5.41, 5.74) is 0. The Balaban J connectivity index is 1.17. The molecule has 3 aliphatic rings. The van der Waals surface area contributed by atoms with Gasteiger partial charge in [-0.1, -0.05) is 6.08 Å². The standard InChI is InChI=1S/C23H34N6O6S/c1-2-16(13-20(30)28-36(32,33)18-3-4-18)5-7-24-22(31)19-14-17(15-26-19)35-21-6-8-25-23(27-21)29-9-11-34-12-10-29/h2,6,8,16-19,26H,1,3-5,7,9-15H2,(H,24,31)(H,28,30)/t16?,17-,19+/m1/s1. The van der Waals surface area contributed by atoms with Crippen molar-refractivity contribution in [1.82, 2.24) is 25.3 Å². The molecule has 2 aliphatic heterocycles. The van der Waals surface area contributed by atoms with E-state index in [1.807, 2.05) is 4.90 Å². The van der Waals surface area contributed by atoms with E-state index in [4.69, 9.17) is 9.47 Å². The number of amides is 2. The maximum absolute atomic E-state index is 12.6. The second kappa shape index (κ2) is 12.0. The SMILES string of the molecule is C=CC(CCNC(=O)[C@@H]1C[C@@H](Oc2ccnc(N3CCOCC3)n2)CN1)CC(=O)NS(=O)(=O)C1CC1. The lowest BCUT2D eigenvalue weighted by Gasteiger charge is -2.26. The Morgan fingerprint density at radius 1 is 1.33 bits per heavy atom. The van der Waals surface area contributed by atoms with Gasteiger partial charge in [0.15, 0.2) is 0 Å². The zero-order valence-electron chi connectivity index (χ0n) is 20.2. The van der Waals surface area contributed by atoms with E-state index in [0.717, 1.165) is 13.1 Å². The van der Waals surface area contributed by atoms with Crippen LogP contribution in [0.15, 0.2) is 24.9 Å². The summed E-state index contributed by atoms with van der Waals surface area (Å²) in [5, 5.41) is 5.60. The van der Waals surface area contributed by atoms with Crippen molar-refractivity contribution in [3.63, 3.8) is 0 Å². The van der Waals surface area contributed by atoms with Crippen molar-refractivity contribution in [2.24, 2.45) is 5.92 Å². The maximum Gasteiger partial charge on any atom is 0.237 e. The van der Waals surface area contributed by atoms with Gasteiger partial charge in [-0.25, -0.2) is 13.4 Å². The Bertz CT molecular complexity index is 1040. The van der Waals surface area contributed by atoms with E-state index in [9.17, 15) is 18.0 Å². The minimum absolute atomic E-state index is 0.00822. The third-order valence-electron chi connectivity index (χ3n) is 6.42. The van der Waals surface area contributed by atoms with Gasteiger partial charge in [0.2, 0.25) is 33.7 Å². The Labute approximate surface area is 211 Å². The van der Waals surface area contributed by atoms with Gasteiger partial charge in [0, 0.05) is 51.3 Å². The van der Waals surface area contributed by atoms with E-state index in [1.54, 1.807) is 18.3 Å². The van der Waals surface area contributed by atoms with Gasteiger partial charge in [0.1, 0.15) is 6.10 Å². The predicted molar refractivity (Wildman–Crippen MR) is 132 cm³/mol. The van der Waals surface area contributed by atoms with Crippen LogP contribution in [-0.2, 0) is 24.3 Å². The molecule has 12 nitrogen and oxygen atoms in total. The van der Waals surface area contributed by atoms with Crippen LogP contribution >= 0.6 is 0 Å². The first-order valence-electron chi connectivity index (χ1n) is 12.3. The van der Waals surface area contributed by atoms with Crippen molar-refractivity contribution >= 4 is 27.8 Å². The lowest BCUT2D eigenvalue weighted by molar-refractivity contribution is -0.122. The molecular formula is C23H34N6O6S. The average molecular weight is 523 g/mol. The molecule has 2 amide bonds. The molecule has 2 saturated heterocycles. The number of anilines is 1. The fraction of sp³-hybridized carbons (Fsp3) is 0.652. The van der Waals surface area contributed by atoms with Crippen LogP contribution in [0.25, 0.3) is 0 Å². The lowest BCUT2D eigenvalue weighted by atomic mass is 10.0. The third kappa shape index (κ3) is 7.37. The first-order chi connectivity index (χ1) is 17.3. The molecule has 3 atom stereocenters. The molecule has 3 fully saturated rings. The van der Waals surface area contributed by atoms with E-state index < -0.39 is 27.2 Å². The molecule has 0 radical (unpaired) electrons. The molecule has 1 aromatic rings. The van der Waals surface area contributed by atoms with Crippen LogP contribution in [0.1, 0.15) is 32.1 Å². The Morgan fingerprint density at radius 3 is 2.83 bits per heavy atom. The molecule has 3 heterocycles. The van der Waals surface area contributed by atoms with Crippen LogP contribution in [0.4, 0.5) is 5.95 Å². The summed E-state index contributed by atoms with van der Waals surface area (Å²) in [5.74, 6) is 0.131. The van der Waals surface area contributed by atoms with E-state index in [-0.39, 0.29) is 24.3 Å². The first kappa shape index (κ1) is 26.3. The highest BCUT2D eigenvalue weighted by Crippen LogP contribution is 2.27. The molecule has 1 aliphatic carbocycles. The fourth-order valence-electron chi connectivity index (χ4n) is 4.18. The van der Waals surface area contributed by atoms with Gasteiger partial charge < -0.3 is 25.0 Å². The number of hydrogen-bond acceptors (Lipinski definition) is 10. The fourth-order valence-corrected chi connectivity index (χ4v) is 5.51.